The third-order valence-electron chi connectivity index (χ3n) is 3.00. The van der Waals surface area contributed by atoms with Crippen LogP contribution in [0.3, 0.4) is 0 Å². The van der Waals surface area contributed by atoms with E-state index in [-0.39, 0.29) is 5.91 Å². The van der Waals surface area contributed by atoms with E-state index in [9.17, 15) is 4.79 Å². The van der Waals surface area contributed by atoms with E-state index in [1.54, 1.807) is 31.3 Å². The molecule has 0 unspecified atom stereocenters. The molecule has 0 fully saturated rings. The number of hydrogen-bond donors (Lipinski definition) is 3. The Kier molecular flexibility index (Phi) is 4.15. The maximum absolute atomic E-state index is 11.9. The van der Waals surface area contributed by atoms with Gasteiger partial charge in [0.1, 0.15) is 0 Å². The second-order valence-electron chi connectivity index (χ2n) is 4.44. The van der Waals surface area contributed by atoms with Crippen LogP contribution in [-0.4, -0.2) is 13.0 Å². The lowest BCUT2D eigenvalue weighted by molar-refractivity contribution is 0.0964. The smallest absolute Gasteiger partial charge is 0.253 e. The molecule has 5 heteroatoms. The summed E-state index contributed by atoms with van der Waals surface area (Å²) in [6, 6.07) is 10.7. The van der Waals surface area contributed by atoms with Gasteiger partial charge in [-0.3, -0.25) is 4.79 Å². The number of anilines is 3. The van der Waals surface area contributed by atoms with Gasteiger partial charge in [-0.1, -0.05) is 23.7 Å². The predicted molar refractivity (Wildman–Crippen MR) is 83.7 cm³/mol. The van der Waals surface area contributed by atoms with Crippen molar-refractivity contribution in [3.8, 4) is 0 Å². The van der Waals surface area contributed by atoms with Gasteiger partial charge in [0.15, 0.2) is 0 Å². The van der Waals surface area contributed by atoms with Crippen molar-refractivity contribution in [2.24, 2.45) is 0 Å². The van der Waals surface area contributed by atoms with Crippen molar-refractivity contribution in [1.29, 1.82) is 0 Å². The van der Waals surface area contributed by atoms with Crippen LogP contribution in [0.2, 0.25) is 5.02 Å². The molecule has 0 saturated heterocycles. The molecule has 2 aromatic rings. The number of nitrogens with two attached hydrogens (primary N) is 1. The quantitative estimate of drug-likeness (QED) is 0.759. The highest BCUT2D eigenvalue weighted by Crippen LogP contribution is 2.31. The first-order valence-electron chi connectivity index (χ1n) is 6.16. The van der Waals surface area contributed by atoms with Crippen LogP contribution in [-0.2, 0) is 0 Å². The normalized spacial score (nSPS) is 10.2. The fourth-order valence-electron chi connectivity index (χ4n) is 1.92. The number of hydrogen-bond acceptors (Lipinski definition) is 3. The Labute approximate surface area is 122 Å². The number of benzene rings is 2. The van der Waals surface area contributed by atoms with E-state index in [0.717, 1.165) is 11.3 Å². The molecule has 0 aliphatic heterocycles. The number of rotatable bonds is 3. The Hall–Kier alpha value is -2.20. The van der Waals surface area contributed by atoms with Crippen LogP contribution >= 0.6 is 11.6 Å². The van der Waals surface area contributed by atoms with Crippen molar-refractivity contribution in [3.63, 3.8) is 0 Å². The van der Waals surface area contributed by atoms with E-state index in [1.807, 2.05) is 19.1 Å². The zero-order chi connectivity index (χ0) is 14.7. The van der Waals surface area contributed by atoms with Gasteiger partial charge < -0.3 is 16.4 Å². The van der Waals surface area contributed by atoms with Crippen molar-refractivity contribution in [3.05, 3.63) is 52.5 Å². The molecule has 0 saturated carbocycles. The first-order chi connectivity index (χ1) is 9.52. The zero-order valence-corrected chi connectivity index (χ0v) is 12.1. The summed E-state index contributed by atoms with van der Waals surface area (Å²) < 4.78 is 0. The van der Waals surface area contributed by atoms with Crippen LogP contribution in [0.1, 0.15) is 15.9 Å². The number of carbonyl (C=O) groups excluding carboxylic acids is 1. The molecule has 2 rings (SSSR count). The molecule has 0 spiro atoms. The van der Waals surface area contributed by atoms with Crippen LogP contribution in [0, 0.1) is 6.92 Å². The fourth-order valence-corrected chi connectivity index (χ4v) is 2.19. The lowest BCUT2D eigenvalue weighted by Gasteiger charge is -2.15. The SMILES string of the molecule is CNC(=O)c1ccc(N)cc1Nc1c(C)cccc1Cl. The van der Waals surface area contributed by atoms with E-state index in [1.165, 1.54) is 0 Å². The lowest BCUT2D eigenvalue weighted by atomic mass is 10.1. The molecular weight excluding hydrogens is 274 g/mol. The van der Waals surface area contributed by atoms with Gasteiger partial charge >= 0.3 is 0 Å². The van der Waals surface area contributed by atoms with Crippen molar-refractivity contribution in [2.75, 3.05) is 18.1 Å². The molecule has 0 aliphatic rings. The summed E-state index contributed by atoms with van der Waals surface area (Å²) in [6.07, 6.45) is 0. The maximum atomic E-state index is 11.9. The lowest BCUT2D eigenvalue weighted by Crippen LogP contribution is -2.19. The van der Waals surface area contributed by atoms with Crippen LogP contribution in [0.4, 0.5) is 17.1 Å². The summed E-state index contributed by atoms with van der Waals surface area (Å²) in [4.78, 5) is 11.9. The predicted octanol–water partition coefficient (Wildman–Crippen LogP) is 3.33. The molecule has 104 valence electrons. The standard InChI is InChI=1S/C15H16ClN3O/c1-9-4-3-5-12(16)14(9)19-13-8-10(17)6-7-11(13)15(20)18-2/h3-8,19H,17H2,1-2H3,(H,18,20). The Morgan fingerprint density at radius 1 is 1.25 bits per heavy atom. The Morgan fingerprint density at radius 3 is 2.65 bits per heavy atom. The summed E-state index contributed by atoms with van der Waals surface area (Å²) in [7, 11) is 1.59. The van der Waals surface area contributed by atoms with E-state index in [2.05, 4.69) is 10.6 Å². The number of halogens is 1. The molecule has 0 aliphatic carbocycles. The minimum Gasteiger partial charge on any atom is -0.399 e. The van der Waals surface area contributed by atoms with E-state index < -0.39 is 0 Å². The molecule has 1 amide bonds. The first-order valence-corrected chi connectivity index (χ1v) is 6.54. The topological polar surface area (TPSA) is 67.2 Å². The number of nitrogens with one attached hydrogen (secondary N) is 2. The Bertz CT molecular complexity index is 635. The van der Waals surface area contributed by atoms with Crippen LogP contribution < -0.4 is 16.4 Å². The largest absolute Gasteiger partial charge is 0.399 e. The highest BCUT2D eigenvalue weighted by atomic mass is 35.5. The van der Waals surface area contributed by atoms with Crippen molar-refractivity contribution in [2.45, 2.75) is 6.92 Å². The van der Waals surface area contributed by atoms with Gasteiger partial charge in [-0.05, 0) is 36.8 Å². The van der Waals surface area contributed by atoms with Gasteiger partial charge in [0, 0.05) is 12.7 Å². The van der Waals surface area contributed by atoms with Crippen molar-refractivity contribution < 1.29 is 4.79 Å². The first kappa shape index (κ1) is 14.2. The molecular formula is C15H16ClN3O. The molecule has 0 aromatic heterocycles. The molecule has 0 heterocycles. The monoisotopic (exact) mass is 289 g/mol. The number of amides is 1. The van der Waals surface area contributed by atoms with Crippen LogP contribution in [0.15, 0.2) is 36.4 Å². The number of nitrogen functional groups attached to an aromatic ring is 1. The third kappa shape index (κ3) is 2.86. The number of para-hydroxylation sites is 1. The summed E-state index contributed by atoms with van der Waals surface area (Å²) in [5.41, 5.74) is 9.27. The van der Waals surface area contributed by atoms with Gasteiger partial charge in [-0.25, -0.2) is 0 Å². The van der Waals surface area contributed by atoms with Gasteiger partial charge in [-0.15, -0.1) is 0 Å². The molecule has 0 radical (unpaired) electrons. The van der Waals surface area contributed by atoms with E-state index in [0.29, 0.717) is 22.0 Å². The average Bonchev–Trinajstić information content (AvgIpc) is 2.42. The summed E-state index contributed by atoms with van der Waals surface area (Å²) in [6.45, 7) is 1.94. The molecule has 0 bridgehead atoms. The van der Waals surface area contributed by atoms with Gasteiger partial charge in [-0.2, -0.15) is 0 Å². The van der Waals surface area contributed by atoms with E-state index in [4.69, 9.17) is 17.3 Å². The van der Waals surface area contributed by atoms with Crippen molar-refractivity contribution >= 4 is 34.6 Å². The Morgan fingerprint density at radius 2 is 2.00 bits per heavy atom. The molecule has 20 heavy (non-hydrogen) atoms. The summed E-state index contributed by atoms with van der Waals surface area (Å²) >= 11 is 6.19. The van der Waals surface area contributed by atoms with E-state index >= 15 is 0 Å². The van der Waals surface area contributed by atoms with Crippen LogP contribution in [0.25, 0.3) is 0 Å². The maximum Gasteiger partial charge on any atom is 0.253 e. The summed E-state index contributed by atoms with van der Waals surface area (Å²) in [5.74, 6) is -0.183. The molecule has 4 nitrogen and oxygen atoms in total. The molecule has 0 atom stereocenters. The van der Waals surface area contributed by atoms with Gasteiger partial charge in [0.2, 0.25) is 0 Å². The highest BCUT2D eigenvalue weighted by Gasteiger charge is 2.12. The second-order valence-corrected chi connectivity index (χ2v) is 4.85. The molecule has 4 N–H and O–H groups in total. The Balaban J connectivity index is 2.47. The number of aryl methyl sites for hydroxylation is 1. The highest BCUT2D eigenvalue weighted by molar-refractivity contribution is 6.33. The molecule has 2 aromatic carbocycles. The fraction of sp³-hybridized carbons (Fsp3) is 0.133. The second kappa shape index (κ2) is 5.84. The number of carbonyl (C=O) groups is 1. The summed E-state index contributed by atoms with van der Waals surface area (Å²) in [5, 5.41) is 6.39. The zero-order valence-electron chi connectivity index (χ0n) is 11.3. The van der Waals surface area contributed by atoms with Gasteiger partial charge in [0.05, 0.1) is 22.0 Å². The minimum absolute atomic E-state index is 0.183. The minimum atomic E-state index is -0.183. The van der Waals surface area contributed by atoms with Gasteiger partial charge in [0.25, 0.3) is 5.91 Å². The van der Waals surface area contributed by atoms with Crippen molar-refractivity contribution in [1.82, 2.24) is 5.32 Å². The van der Waals surface area contributed by atoms with Crippen LogP contribution in [0.5, 0.6) is 0 Å². The third-order valence-corrected chi connectivity index (χ3v) is 3.31. The average molecular weight is 290 g/mol.